The number of esters is 1. The lowest BCUT2D eigenvalue weighted by Crippen LogP contribution is -2.50. The zero-order chi connectivity index (χ0) is 16.5. The van der Waals surface area contributed by atoms with Gasteiger partial charge in [0.15, 0.2) is 5.65 Å². The minimum absolute atomic E-state index is 0.350. The number of methoxy groups -OCH3 is 1. The van der Waals surface area contributed by atoms with E-state index in [-0.39, 0.29) is 5.97 Å². The molecule has 1 aliphatic carbocycles. The second-order valence-electron chi connectivity index (χ2n) is 6.68. The molecule has 2 aromatic heterocycles. The van der Waals surface area contributed by atoms with Gasteiger partial charge in [-0.3, -0.25) is 4.90 Å². The van der Waals surface area contributed by atoms with E-state index < -0.39 is 0 Å². The van der Waals surface area contributed by atoms with Crippen LogP contribution in [-0.4, -0.2) is 53.2 Å². The van der Waals surface area contributed by atoms with E-state index in [1.807, 2.05) is 22.9 Å². The molecule has 24 heavy (non-hydrogen) atoms. The highest BCUT2D eigenvalue weighted by Crippen LogP contribution is 2.34. The van der Waals surface area contributed by atoms with E-state index in [0.717, 1.165) is 37.9 Å². The van der Waals surface area contributed by atoms with Crippen LogP contribution in [0.25, 0.3) is 5.65 Å². The lowest BCUT2D eigenvalue weighted by Gasteiger charge is -2.43. The van der Waals surface area contributed by atoms with Crippen molar-refractivity contribution in [2.75, 3.05) is 26.9 Å². The Morgan fingerprint density at radius 2 is 2.33 bits per heavy atom. The topological polar surface area (TPSA) is 56.1 Å². The van der Waals surface area contributed by atoms with E-state index in [0.29, 0.717) is 17.3 Å². The molecule has 1 atom stereocenters. The van der Waals surface area contributed by atoms with Gasteiger partial charge in [-0.1, -0.05) is 6.42 Å². The number of pyridine rings is 1. The Bertz CT molecular complexity index is 738. The SMILES string of the molecule is COC(=O)c1cccn2cc(CN3CCOCC3C3CCC3)nc12. The van der Waals surface area contributed by atoms with Gasteiger partial charge >= 0.3 is 5.97 Å². The monoisotopic (exact) mass is 329 g/mol. The quantitative estimate of drug-likeness (QED) is 0.804. The van der Waals surface area contributed by atoms with Crippen LogP contribution in [0.15, 0.2) is 24.5 Å². The highest BCUT2D eigenvalue weighted by atomic mass is 16.5. The molecule has 6 heteroatoms. The van der Waals surface area contributed by atoms with E-state index in [2.05, 4.69) is 4.90 Å². The Morgan fingerprint density at radius 3 is 3.08 bits per heavy atom. The minimum Gasteiger partial charge on any atom is -0.465 e. The van der Waals surface area contributed by atoms with Crippen molar-refractivity contribution in [3.8, 4) is 0 Å². The van der Waals surface area contributed by atoms with Crippen molar-refractivity contribution in [2.45, 2.75) is 31.8 Å². The fraction of sp³-hybridized carbons (Fsp3) is 0.556. The van der Waals surface area contributed by atoms with Gasteiger partial charge in [-0.15, -0.1) is 0 Å². The Hall–Kier alpha value is -1.92. The van der Waals surface area contributed by atoms with Crippen molar-refractivity contribution in [3.63, 3.8) is 0 Å². The molecule has 128 valence electrons. The second kappa shape index (κ2) is 6.53. The fourth-order valence-corrected chi connectivity index (χ4v) is 3.73. The number of hydrogen-bond donors (Lipinski definition) is 0. The van der Waals surface area contributed by atoms with Gasteiger partial charge in [0.2, 0.25) is 0 Å². The third-order valence-electron chi connectivity index (χ3n) is 5.28. The van der Waals surface area contributed by atoms with E-state index in [1.54, 1.807) is 6.07 Å². The summed E-state index contributed by atoms with van der Waals surface area (Å²) in [7, 11) is 1.40. The van der Waals surface area contributed by atoms with Gasteiger partial charge in [0.1, 0.15) is 5.56 Å². The molecule has 2 aliphatic rings. The van der Waals surface area contributed by atoms with E-state index >= 15 is 0 Å². The van der Waals surface area contributed by atoms with Gasteiger partial charge < -0.3 is 13.9 Å². The maximum Gasteiger partial charge on any atom is 0.341 e. The Balaban J connectivity index is 1.58. The third kappa shape index (κ3) is 2.80. The first-order valence-electron chi connectivity index (χ1n) is 8.63. The van der Waals surface area contributed by atoms with Crippen LogP contribution in [0.2, 0.25) is 0 Å². The normalized spacial score (nSPS) is 22.5. The van der Waals surface area contributed by atoms with Crippen LogP contribution < -0.4 is 0 Å². The predicted molar refractivity (Wildman–Crippen MR) is 88.9 cm³/mol. The molecule has 0 aromatic carbocycles. The third-order valence-corrected chi connectivity index (χ3v) is 5.28. The molecule has 1 aliphatic heterocycles. The minimum atomic E-state index is -0.350. The molecule has 1 saturated carbocycles. The number of hydrogen-bond acceptors (Lipinski definition) is 5. The summed E-state index contributed by atoms with van der Waals surface area (Å²) in [5.74, 6) is 0.407. The Kier molecular flexibility index (Phi) is 4.24. The van der Waals surface area contributed by atoms with Gasteiger partial charge in [0.05, 0.1) is 26.0 Å². The largest absolute Gasteiger partial charge is 0.465 e. The van der Waals surface area contributed by atoms with Gasteiger partial charge in [-0.25, -0.2) is 9.78 Å². The number of aromatic nitrogens is 2. The average molecular weight is 329 g/mol. The standard InChI is InChI=1S/C18H23N3O3/c1-23-18(22)15-6-3-7-21-11-14(19-17(15)21)10-20-8-9-24-12-16(20)13-4-2-5-13/h3,6-7,11,13,16H,2,4-5,8-10,12H2,1H3. The molecule has 0 spiro atoms. The lowest BCUT2D eigenvalue weighted by atomic mass is 9.79. The number of carbonyl (C=O) groups excluding carboxylic acids is 1. The number of rotatable bonds is 4. The summed E-state index contributed by atoms with van der Waals surface area (Å²) in [6, 6.07) is 4.10. The summed E-state index contributed by atoms with van der Waals surface area (Å²) in [5, 5.41) is 0. The lowest BCUT2D eigenvalue weighted by molar-refractivity contribution is -0.0490. The van der Waals surface area contributed by atoms with Crippen LogP contribution in [0.4, 0.5) is 0 Å². The highest BCUT2D eigenvalue weighted by molar-refractivity contribution is 5.95. The summed E-state index contributed by atoms with van der Waals surface area (Å²) in [6.07, 6.45) is 7.88. The Labute approximate surface area is 141 Å². The van der Waals surface area contributed by atoms with Crippen molar-refractivity contribution in [3.05, 3.63) is 35.8 Å². The van der Waals surface area contributed by atoms with Crippen molar-refractivity contribution in [2.24, 2.45) is 5.92 Å². The van der Waals surface area contributed by atoms with Gasteiger partial charge in [0.25, 0.3) is 0 Å². The molecule has 2 fully saturated rings. The summed E-state index contributed by atoms with van der Waals surface area (Å²) in [6.45, 7) is 3.35. The number of fused-ring (bicyclic) bond motifs is 1. The Morgan fingerprint density at radius 1 is 1.46 bits per heavy atom. The highest BCUT2D eigenvalue weighted by Gasteiger charge is 2.34. The summed E-state index contributed by atoms with van der Waals surface area (Å²) in [4.78, 5) is 19.1. The average Bonchev–Trinajstić information content (AvgIpc) is 2.96. The number of nitrogens with zero attached hydrogens (tertiary/aromatic N) is 3. The molecule has 0 amide bonds. The van der Waals surface area contributed by atoms with E-state index in [4.69, 9.17) is 14.5 Å². The van der Waals surface area contributed by atoms with Crippen LogP contribution in [-0.2, 0) is 16.0 Å². The zero-order valence-corrected chi connectivity index (χ0v) is 14.0. The van der Waals surface area contributed by atoms with E-state index in [1.165, 1.54) is 26.4 Å². The first-order valence-corrected chi connectivity index (χ1v) is 8.63. The number of imidazole rings is 1. The fourth-order valence-electron chi connectivity index (χ4n) is 3.73. The van der Waals surface area contributed by atoms with Crippen molar-refractivity contribution >= 4 is 11.6 Å². The summed E-state index contributed by atoms with van der Waals surface area (Å²) in [5.41, 5.74) is 2.15. The maximum atomic E-state index is 11.9. The predicted octanol–water partition coefficient (Wildman–Crippen LogP) is 2.12. The molecule has 0 N–H and O–H groups in total. The summed E-state index contributed by atoms with van der Waals surface area (Å²) < 4.78 is 12.5. The number of ether oxygens (including phenoxy) is 2. The first-order chi connectivity index (χ1) is 11.8. The molecule has 3 heterocycles. The zero-order valence-electron chi connectivity index (χ0n) is 14.0. The molecule has 6 nitrogen and oxygen atoms in total. The van der Waals surface area contributed by atoms with Gasteiger partial charge in [-0.05, 0) is 30.9 Å². The number of carbonyl (C=O) groups is 1. The molecule has 1 unspecified atom stereocenters. The maximum absolute atomic E-state index is 11.9. The molecule has 0 bridgehead atoms. The molecular weight excluding hydrogens is 306 g/mol. The molecule has 1 saturated heterocycles. The van der Waals surface area contributed by atoms with Crippen molar-refractivity contribution in [1.82, 2.24) is 14.3 Å². The molecule has 4 rings (SSSR count). The van der Waals surface area contributed by atoms with Crippen LogP contribution in [0.3, 0.4) is 0 Å². The molecular formula is C18H23N3O3. The first kappa shape index (κ1) is 15.6. The van der Waals surface area contributed by atoms with Crippen LogP contribution in [0, 0.1) is 5.92 Å². The van der Waals surface area contributed by atoms with Crippen LogP contribution in [0.5, 0.6) is 0 Å². The van der Waals surface area contributed by atoms with Gasteiger partial charge in [-0.2, -0.15) is 0 Å². The smallest absolute Gasteiger partial charge is 0.341 e. The molecule has 2 aromatic rings. The van der Waals surface area contributed by atoms with E-state index in [9.17, 15) is 4.79 Å². The number of morpholine rings is 1. The van der Waals surface area contributed by atoms with Gasteiger partial charge in [0, 0.05) is 31.5 Å². The van der Waals surface area contributed by atoms with Crippen LogP contribution >= 0.6 is 0 Å². The van der Waals surface area contributed by atoms with Crippen molar-refractivity contribution < 1.29 is 14.3 Å². The van der Waals surface area contributed by atoms with Crippen LogP contribution in [0.1, 0.15) is 35.3 Å². The molecule has 0 radical (unpaired) electrons. The summed E-state index contributed by atoms with van der Waals surface area (Å²) >= 11 is 0. The van der Waals surface area contributed by atoms with Crippen molar-refractivity contribution in [1.29, 1.82) is 0 Å². The second-order valence-corrected chi connectivity index (χ2v) is 6.68.